The Kier molecular flexibility index (Phi) is 5.88. The van der Waals surface area contributed by atoms with Crippen molar-refractivity contribution >= 4 is 11.6 Å². The average molecular weight is 399 g/mol. The molecule has 1 nitrogen and oxygen atoms in total. The fourth-order valence-electron chi connectivity index (χ4n) is 4.27. The molecular weight excluding hydrogens is 364 g/mol. The summed E-state index contributed by atoms with van der Waals surface area (Å²) in [6.45, 7) is 16.5. The van der Waals surface area contributed by atoms with Gasteiger partial charge in [-0.05, 0) is 102 Å². The third-order valence-corrected chi connectivity index (χ3v) is 6.32. The zero-order valence-corrected chi connectivity index (χ0v) is 19.4. The molecule has 0 N–H and O–H groups in total. The molecule has 0 aliphatic heterocycles. The zero-order chi connectivity index (χ0) is 20.7. The fraction of sp³-hybridized carbons (Fsp3) is 0.538. The summed E-state index contributed by atoms with van der Waals surface area (Å²) in [5, 5.41) is 0.820. The molecule has 0 radical (unpaired) electrons. The van der Waals surface area contributed by atoms with Crippen LogP contribution >= 0.6 is 11.6 Å². The lowest BCUT2D eigenvalue weighted by Crippen LogP contribution is -2.10. The molecular formula is C26H35ClO. The second-order valence-corrected chi connectivity index (χ2v) is 11.0. The van der Waals surface area contributed by atoms with Crippen molar-refractivity contribution in [2.24, 2.45) is 10.8 Å². The first kappa shape index (κ1) is 21.2. The first-order valence-corrected chi connectivity index (χ1v) is 10.9. The topological polar surface area (TPSA) is 9.23 Å². The maximum absolute atomic E-state index is 6.40. The predicted octanol–water partition coefficient (Wildman–Crippen LogP) is 7.64. The van der Waals surface area contributed by atoms with Crippen molar-refractivity contribution < 1.29 is 4.74 Å². The van der Waals surface area contributed by atoms with Crippen LogP contribution in [-0.4, -0.2) is 0 Å². The van der Waals surface area contributed by atoms with Crippen LogP contribution in [0.1, 0.15) is 74.4 Å². The van der Waals surface area contributed by atoms with Gasteiger partial charge >= 0.3 is 0 Å². The van der Waals surface area contributed by atoms with Crippen LogP contribution in [0, 0.1) is 24.7 Å². The molecule has 0 spiro atoms. The van der Waals surface area contributed by atoms with Crippen LogP contribution in [0.2, 0.25) is 5.02 Å². The predicted molar refractivity (Wildman–Crippen MR) is 121 cm³/mol. The molecule has 0 fully saturated rings. The zero-order valence-electron chi connectivity index (χ0n) is 18.6. The maximum Gasteiger partial charge on any atom is 0.122 e. The number of ether oxygens (including phenoxy) is 1. The molecule has 0 saturated carbocycles. The summed E-state index contributed by atoms with van der Waals surface area (Å²) in [5.41, 5.74) is 8.78. The SMILES string of the molecule is Cc1c(CCC(C)(C)C)ccc(OCc2cc(Cl)cc3c2CC(C)(C)C3)c1C. The molecule has 2 aromatic carbocycles. The van der Waals surface area contributed by atoms with Gasteiger partial charge in [-0.3, -0.25) is 0 Å². The molecule has 0 saturated heterocycles. The van der Waals surface area contributed by atoms with Crippen molar-refractivity contribution in [3.8, 4) is 5.75 Å². The minimum absolute atomic E-state index is 0.309. The van der Waals surface area contributed by atoms with Gasteiger partial charge in [0.05, 0.1) is 0 Å². The quantitative estimate of drug-likeness (QED) is 0.502. The van der Waals surface area contributed by atoms with Crippen LogP contribution < -0.4 is 4.74 Å². The second kappa shape index (κ2) is 7.75. The Morgan fingerprint density at radius 3 is 2.39 bits per heavy atom. The Balaban J connectivity index is 1.77. The van der Waals surface area contributed by atoms with Gasteiger partial charge in [-0.2, -0.15) is 0 Å². The molecule has 0 atom stereocenters. The van der Waals surface area contributed by atoms with Gasteiger partial charge < -0.3 is 4.74 Å². The number of halogens is 1. The maximum atomic E-state index is 6.40. The largest absolute Gasteiger partial charge is 0.489 e. The lowest BCUT2D eigenvalue weighted by Gasteiger charge is -2.20. The average Bonchev–Trinajstić information content (AvgIpc) is 2.88. The van der Waals surface area contributed by atoms with Crippen LogP contribution in [-0.2, 0) is 25.9 Å². The molecule has 0 bridgehead atoms. The third kappa shape index (κ3) is 4.92. The van der Waals surface area contributed by atoms with Crippen molar-refractivity contribution in [3.05, 3.63) is 62.7 Å². The molecule has 0 aromatic heterocycles. The molecule has 1 aliphatic rings. The van der Waals surface area contributed by atoms with Crippen LogP contribution in [0.15, 0.2) is 24.3 Å². The molecule has 1 aliphatic carbocycles. The summed E-state index contributed by atoms with van der Waals surface area (Å²) in [7, 11) is 0. The van der Waals surface area contributed by atoms with E-state index in [1.807, 2.05) is 0 Å². The number of benzene rings is 2. The highest BCUT2D eigenvalue weighted by atomic mass is 35.5. The first-order valence-electron chi connectivity index (χ1n) is 10.5. The Morgan fingerprint density at radius 1 is 1.00 bits per heavy atom. The van der Waals surface area contributed by atoms with Gasteiger partial charge in [0.15, 0.2) is 0 Å². The van der Waals surface area contributed by atoms with E-state index in [9.17, 15) is 0 Å². The monoisotopic (exact) mass is 398 g/mol. The van der Waals surface area contributed by atoms with Gasteiger partial charge in [0.2, 0.25) is 0 Å². The Labute approximate surface area is 176 Å². The Hall–Kier alpha value is -1.47. The number of hydrogen-bond donors (Lipinski definition) is 0. The molecule has 2 heteroatoms. The summed E-state index contributed by atoms with van der Waals surface area (Å²) >= 11 is 6.40. The lowest BCUT2D eigenvalue weighted by atomic mass is 9.87. The first-order chi connectivity index (χ1) is 13.0. The van der Waals surface area contributed by atoms with E-state index in [0.717, 1.165) is 30.0 Å². The Morgan fingerprint density at radius 2 is 1.71 bits per heavy atom. The van der Waals surface area contributed by atoms with E-state index in [0.29, 0.717) is 17.4 Å². The van der Waals surface area contributed by atoms with E-state index >= 15 is 0 Å². The van der Waals surface area contributed by atoms with Gasteiger partial charge in [-0.15, -0.1) is 0 Å². The third-order valence-electron chi connectivity index (χ3n) is 6.10. The minimum atomic E-state index is 0.309. The second-order valence-electron chi connectivity index (χ2n) is 10.5. The lowest BCUT2D eigenvalue weighted by molar-refractivity contribution is 0.301. The summed E-state index contributed by atoms with van der Waals surface area (Å²) < 4.78 is 6.29. The van der Waals surface area contributed by atoms with E-state index in [2.05, 4.69) is 72.7 Å². The fourth-order valence-corrected chi connectivity index (χ4v) is 4.53. The standard InChI is InChI=1S/C26H35ClO/c1-17-18(2)24(9-8-19(17)10-11-25(3,4)5)28-16-21-13-22(27)12-20-14-26(6,7)15-23(20)21/h8-9,12-13H,10-11,14-16H2,1-7H3. The normalized spacial score (nSPS) is 15.6. The molecule has 0 unspecified atom stereocenters. The van der Waals surface area contributed by atoms with Gasteiger partial charge in [-0.1, -0.05) is 52.3 Å². The highest BCUT2D eigenvalue weighted by Gasteiger charge is 2.30. The van der Waals surface area contributed by atoms with Crippen LogP contribution in [0.4, 0.5) is 0 Å². The molecule has 2 aromatic rings. The smallest absolute Gasteiger partial charge is 0.122 e. The summed E-state index contributed by atoms with van der Waals surface area (Å²) in [4.78, 5) is 0. The van der Waals surface area contributed by atoms with Crippen LogP contribution in [0.5, 0.6) is 5.75 Å². The molecule has 0 heterocycles. The van der Waals surface area contributed by atoms with Crippen molar-refractivity contribution in [1.29, 1.82) is 0 Å². The van der Waals surface area contributed by atoms with Gasteiger partial charge in [0, 0.05) is 5.02 Å². The van der Waals surface area contributed by atoms with Crippen molar-refractivity contribution in [3.63, 3.8) is 0 Å². The minimum Gasteiger partial charge on any atom is -0.489 e. The van der Waals surface area contributed by atoms with Gasteiger partial charge in [0.25, 0.3) is 0 Å². The van der Waals surface area contributed by atoms with Crippen LogP contribution in [0.25, 0.3) is 0 Å². The summed E-state index contributed by atoms with van der Waals surface area (Å²) in [6.07, 6.45) is 4.50. The summed E-state index contributed by atoms with van der Waals surface area (Å²) in [5.74, 6) is 0.989. The molecule has 28 heavy (non-hydrogen) atoms. The number of aryl methyl sites for hydroxylation is 1. The number of hydrogen-bond acceptors (Lipinski definition) is 1. The van der Waals surface area contributed by atoms with Gasteiger partial charge in [-0.25, -0.2) is 0 Å². The molecule has 3 rings (SSSR count). The van der Waals surface area contributed by atoms with Crippen LogP contribution in [0.3, 0.4) is 0 Å². The Bertz CT molecular complexity index is 871. The van der Waals surface area contributed by atoms with Crippen molar-refractivity contribution in [2.45, 2.75) is 80.8 Å². The number of fused-ring (bicyclic) bond motifs is 1. The number of rotatable bonds is 5. The van der Waals surface area contributed by atoms with E-state index in [1.54, 1.807) is 0 Å². The van der Waals surface area contributed by atoms with E-state index < -0.39 is 0 Å². The van der Waals surface area contributed by atoms with Crippen molar-refractivity contribution in [1.82, 2.24) is 0 Å². The van der Waals surface area contributed by atoms with E-state index in [-0.39, 0.29) is 0 Å². The highest BCUT2D eigenvalue weighted by Crippen LogP contribution is 2.40. The van der Waals surface area contributed by atoms with E-state index in [1.165, 1.54) is 39.8 Å². The highest BCUT2D eigenvalue weighted by molar-refractivity contribution is 6.30. The molecule has 0 amide bonds. The van der Waals surface area contributed by atoms with Crippen molar-refractivity contribution in [2.75, 3.05) is 0 Å². The van der Waals surface area contributed by atoms with E-state index in [4.69, 9.17) is 16.3 Å². The molecule has 152 valence electrons. The van der Waals surface area contributed by atoms with Gasteiger partial charge in [0.1, 0.15) is 12.4 Å². The summed E-state index contributed by atoms with van der Waals surface area (Å²) in [6, 6.07) is 8.61.